The Morgan fingerprint density at radius 2 is 1.67 bits per heavy atom. The van der Waals surface area contributed by atoms with Gasteiger partial charge in [-0.15, -0.1) is 0 Å². The maximum Gasteiger partial charge on any atom is 0.490 e. The fourth-order valence-corrected chi connectivity index (χ4v) is 6.08. The first-order valence-corrected chi connectivity index (χ1v) is 15.0. The summed E-state index contributed by atoms with van der Waals surface area (Å²) in [7, 11) is 1.26. The minimum Gasteiger partial charge on any atom is -0.496 e. The van der Waals surface area contributed by atoms with E-state index in [0.29, 0.717) is 41.2 Å². The fourth-order valence-electron chi connectivity index (χ4n) is 4.39. The van der Waals surface area contributed by atoms with Gasteiger partial charge in [-0.05, 0) is 61.9 Å². The lowest BCUT2D eigenvalue weighted by molar-refractivity contribution is -0.192. The van der Waals surface area contributed by atoms with Crippen LogP contribution in [-0.4, -0.2) is 94.0 Å². The minimum atomic E-state index is -5.08. The van der Waals surface area contributed by atoms with Gasteiger partial charge in [-0.25, -0.2) is 17.5 Å². The van der Waals surface area contributed by atoms with Gasteiger partial charge in [-0.2, -0.15) is 13.2 Å². The number of nitrogens with zero attached hydrogens (tertiary/aromatic N) is 3. The molecule has 238 valence electrons. The van der Waals surface area contributed by atoms with Crippen LogP contribution in [0.3, 0.4) is 0 Å². The smallest absolute Gasteiger partial charge is 0.490 e. The molecule has 0 atom stereocenters. The lowest BCUT2D eigenvalue weighted by Gasteiger charge is -2.22. The van der Waals surface area contributed by atoms with Gasteiger partial charge >= 0.3 is 12.1 Å². The molecule has 2 N–H and O–H groups in total. The monoisotopic (exact) mass is 628 g/mol. The van der Waals surface area contributed by atoms with Crippen LogP contribution in [0.4, 0.5) is 13.2 Å². The van der Waals surface area contributed by atoms with Crippen LogP contribution in [0, 0.1) is 20.8 Å². The maximum absolute atomic E-state index is 13.3. The summed E-state index contributed by atoms with van der Waals surface area (Å²) in [4.78, 5) is 28.0. The van der Waals surface area contributed by atoms with Gasteiger partial charge < -0.3 is 20.1 Å². The van der Waals surface area contributed by atoms with Crippen molar-refractivity contribution in [1.82, 2.24) is 14.5 Å². The van der Waals surface area contributed by atoms with Crippen LogP contribution in [0.1, 0.15) is 40.7 Å². The number of nitrogens with one attached hydrogen (secondary N) is 1. The number of hydrogen-bond acceptors (Lipinski definition) is 7. The third-order valence-corrected chi connectivity index (χ3v) is 9.18. The number of likely N-dealkylation sites (N-methyl/N-ethyl adjacent to an activating group) is 1. The number of sulfonamides is 1. The number of carbonyl (C=O) groups is 2. The average molecular weight is 629 g/mol. The Balaban J connectivity index is 0.000000821. The van der Waals surface area contributed by atoms with E-state index < -0.39 is 22.2 Å². The fraction of sp³-hybridized carbons (Fsp3) is 0.483. The van der Waals surface area contributed by atoms with Gasteiger partial charge in [-0.3, -0.25) is 9.79 Å². The number of ether oxygens (including phenoxy) is 1. The molecule has 1 heterocycles. The lowest BCUT2D eigenvalue weighted by Crippen LogP contribution is -2.32. The zero-order valence-corrected chi connectivity index (χ0v) is 26.0. The number of alkyl halides is 3. The molecular formula is C29H39F3N4O6S. The molecule has 0 aliphatic carbocycles. The highest BCUT2D eigenvalue weighted by molar-refractivity contribution is 7.89. The van der Waals surface area contributed by atoms with Crippen LogP contribution >= 0.6 is 0 Å². The number of aliphatic imine (C=N–C) groups is 1. The number of carboxylic acid groups (broad SMARTS) is 1. The summed E-state index contributed by atoms with van der Waals surface area (Å²) >= 11 is 0. The van der Waals surface area contributed by atoms with E-state index in [0.717, 1.165) is 42.0 Å². The molecule has 0 aromatic heterocycles. The van der Waals surface area contributed by atoms with Crippen molar-refractivity contribution < 1.29 is 41.0 Å². The SMILES string of the molecule is COc1cc(C)c(S(=O)(=O)N(C)CCCC(=O)N(C)CCc2ccc(C3=NCCN3)cc2)c(C)c1C.O=C(O)C(F)(F)F. The zero-order valence-electron chi connectivity index (χ0n) is 25.2. The number of aliphatic carboxylic acids is 1. The molecule has 1 aliphatic heterocycles. The molecule has 0 unspecified atom stereocenters. The molecule has 14 heteroatoms. The Morgan fingerprint density at radius 1 is 1.07 bits per heavy atom. The average Bonchev–Trinajstić information content (AvgIpc) is 3.48. The number of halogens is 3. The minimum absolute atomic E-state index is 0.00887. The molecule has 0 radical (unpaired) electrons. The molecule has 0 spiro atoms. The summed E-state index contributed by atoms with van der Waals surface area (Å²) in [5.74, 6) is -1.13. The van der Waals surface area contributed by atoms with Crippen molar-refractivity contribution in [2.45, 2.75) is 51.1 Å². The molecule has 0 bridgehead atoms. The number of methoxy groups -OCH3 is 1. The van der Waals surface area contributed by atoms with Gasteiger partial charge in [0.25, 0.3) is 0 Å². The van der Waals surface area contributed by atoms with Crippen LogP contribution in [0.2, 0.25) is 0 Å². The number of amides is 1. The van der Waals surface area contributed by atoms with Gasteiger partial charge in [0.1, 0.15) is 11.6 Å². The summed E-state index contributed by atoms with van der Waals surface area (Å²) < 4.78 is 65.0. The Morgan fingerprint density at radius 3 is 2.19 bits per heavy atom. The number of carbonyl (C=O) groups excluding carboxylic acids is 1. The molecule has 0 saturated heterocycles. The summed E-state index contributed by atoms with van der Waals surface area (Å²) in [6.45, 7) is 8.01. The summed E-state index contributed by atoms with van der Waals surface area (Å²) in [5, 5.41) is 10.4. The molecule has 2 aromatic carbocycles. The van der Waals surface area contributed by atoms with Gasteiger partial charge in [0.2, 0.25) is 15.9 Å². The van der Waals surface area contributed by atoms with Crippen molar-refractivity contribution in [2.75, 3.05) is 47.4 Å². The van der Waals surface area contributed by atoms with Crippen molar-refractivity contribution in [1.29, 1.82) is 0 Å². The molecular weight excluding hydrogens is 589 g/mol. The van der Waals surface area contributed by atoms with Gasteiger partial charge in [0.15, 0.2) is 0 Å². The molecule has 1 aliphatic rings. The third-order valence-electron chi connectivity index (χ3n) is 7.04. The number of rotatable bonds is 11. The number of hydrogen-bond donors (Lipinski definition) is 2. The topological polar surface area (TPSA) is 129 Å². The second-order valence-electron chi connectivity index (χ2n) is 10.1. The Labute approximate surface area is 250 Å². The first kappa shape index (κ1) is 35.5. The maximum atomic E-state index is 13.3. The summed E-state index contributed by atoms with van der Waals surface area (Å²) in [6, 6.07) is 10.0. The van der Waals surface area contributed by atoms with E-state index in [-0.39, 0.29) is 12.5 Å². The van der Waals surface area contributed by atoms with Crippen LogP contribution in [0.15, 0.2) is 40.2 Å². The van der Waals surface area contributed by atoms with Crippen LogP contribution in [0.25, 0.3) is 0 Å². The van der Waals surface area contributed by atoms with E-state index >= 15 is 0 Å². The number of amidine groups is 1. The first-order chi connectivity index (χ1) is 20.0. The van der Waals surface area contributed by atoms with Crippen LogP contribution in [-0.2, 0) is 26.0 Å². The van der Waals surface area contributed by atoms with Crippen molar-refractivity contribution >= 4 is 27.7 Å². The molecule has 1 amide bonds. The second-order valence-corrected chi connectivity index (χ2v) is 12.1. The first-order valence-electron chi connectivity index (χ1n) is 13.5. The predicted octanol–water partition coefficient (Wildman–Crippen LogP) is 3.71. The number of benzene rings is 2. The van der Waals surface area contributed by atoms with Gasteiger partial charge in [0.05, 0.1) is 18.6 Å². The number of aryl methyl sites for hydroxylation is 1. The van der Waals surface area contributed by atoms with E-state index in [1.807, 2.05) is 6.92 Å². The van der Waals surface area contributed by atoms with Gasteiger partial charge in [0, 0.05) is 45.7 Å². The standard InChI is InChI=1S/C27H38N4O4S.C2HF3O2/c1-19-18-24(35-6)20(2)21(3)26(19)36(33,34)31(5)16-7-8-25(32)30(4)17-13-22-9-11-23(12-10-22)27-28-14-15-29-27;3-2(4,5)1(6)7/h9-12,18H,7-8,13-17H2,1-6H3,(H,28,29);(H,6,7). The molecule has 43 heavy (non-hydrogen) atoms. The van der Waals surface area contributed by atoms with Crippen LogP contribution < -0.4 is 10.1 Å². The van der Waals surface area contributed by atoms with E-state index in [1.165, 1.54) is 4.31 Å². The lowest BCUT2D eigenvalue weighted by atomic mass is 10.1. The normalized spacial score (nSPS) is 13.1. The predicted molar refractivity (Wildman–Crippen MR) is 157 cm³/mol. The van der Waals surface area contributed by atoms with Crippen LogP contribution in [0.5, 0.6) is 5.75 Å². The van der Waals surface area contributed by atoms with E-state index in [2.05, 4.69) is 34.6 Å². The molecule has 0 saturated carbocycles. The van der Waals surface area contributed by atoms with Crippen molar-refractivity contribution in [3.8, 4) is 5.75 Å². The molecule has 3 rings (SSSR count). The molecule has 0 fully saturated rings. The Bertz CT molecular complexity index is 1430. The largest absolute Gasteiger partial charge is 0.496 e. The Kier molecular flexibility index (Phi) is 12.6. The van der Waals surface area contributed by atoms with Crippen molar-refractivity contribution in [3.05, 3.63) is 58.1 Å². The highest BCUT2D eigenvalue weighted by atomic mass is 32.2. The number of carboxylic acids is 1. The zero-order chi connectivity index (χ0) is 32.5. The van der Waals surface area contributed by atoms with E-state index in [4.69, 9.17) is 14.6 Å². The van der Waals surface area contributed by atoms with E-state index in [1.54, 1.807) is 46.0 Å². The van der Waals surface area contributed by atoms with Crippen molar-refractivity contribution in [2.24, 2.45) is 4.99 Å². The Hall–Kier alpha value is -3.65. The second kappa shape index (κ2) is 15.2. The molecule has 2 aromatic rings. The van der Waals surface area contributed by atoms with Gasteiger partial charge in [-0.1, -0.05) is 24.3 Å². The summed E-state index contributed by atoms with van der Waals surface area (Å²) in [5.41, 5.74) is 4.39. The highest BCUT2D eigenvalue weighted by Crippen LogP contribution is 2.32. The van der Waals surface area contributed by atoms with E-state index in [9.17, 15) is 26.4 Å². The highest BCUT2D eigenvalue weighted by Gasteiger charge is 2.38. The quantitative estimate of drug-likeness (QED) is 0.388. The summed E-state index contributed by atoms with van der Waals surface area (Å²) in [6.07, 6.45) is -3.58. The molecule has 10 nitrogen and oxygen atoms in total. The third kappa shape index (κ3) is 9.68. The van der Waals surface area contributed by atoms with Crippen molar-refractivity contribution in [3.63, 3.8) is 0 Å².